The Kier molecular flexibility index (Phi) is 19.4. The summed E-state index contributed by atoms with van der Waals surface area (Å²) < 4.78 is 42.8. The normalized spacial score (nSPS) is 29.9. The number of ketones is 1. The van der Waals surface area contributed by atoms with Gasteiger partial charge in [-0.05, 0) is 279 Å². The number of hydrogen-bond acceptors (Lipinski definition) is 26. The second kappa shape index (κ2) is 30.6. The number of anilines is 10. The predicted molar refractivity (Wildman–Crippen MR) is 495 cm³/mol. The zero-order valence-corrected chi connectivity index (χ0v) is 76.2. The number of aromatic nitrogens is 20. The number of nitrogens with zero attached hydrogens (tertiary/aromatic N) is 22. The molecule has 16 saturated carbocycles. The second-order valence-electron chi connectivity index (χ2n) is 42.1. The van der Waals surface area contributed by atoms with Gasteiger partial charge in [-0.3, -0.25) is 41.8 Å². The summed E-state index contributed by atoms with van der Waals surface area (Å²) in [6.07, 6.45) is 33.6. The summed E-state index contributed by atoms with van der Waals surface area (Å²) in [5, 5.41) is 43.2. The molecule has 694 valence electrons. The highest BCUT2D eigenvalue weighted by Gasteiger charge is 2.62. The van der Waals surface area contributed by atoms with E-state index < -0.39 is 34.7 Å². The van der Waals surface area contributed by atoms with Gasteiger partial charge in [-0.25, -0.2) is 62.1 Å². The molecule has 10 N–H and O–H groups in total. The number of carbonyl (C=O) groups excluding carboxylic acids is 3. The van der Waals surface area contributed by atoms with Crippen LogP contribution in [0.5, 0.6) is 0 Å². The molecule has 1 aliphatic heterocycles. The van der Waals surface area contributed by atoms with Gasteiger partial charge in [-0.2, -0.15) is 30.1 Å². The first-order valence-electron chi connectivity index (χ1n) is 46.9. The number of imidazole rings is 3. The van der Waals surface area contributed by atoms with Crippen LogP contribution in [0.1, 0.15) is 196 Å². The number of carbonyl (C=O) groups is 3. The van der Waals surface area contributed by atoms with Crippen molar-refractivity contribution in [1.29, 1.82) is 0 Å². The van der Waals surface area contributed by atoms with Crippen LogP contribution in [0.25, 0.3) is 44.8 Å². The Balaban J connectivity index is 0.000000101. The number of nitrogens with one attached hydrogen (secondary N) is 4. The van der Waals surface area contributed by atoms with Crippen molar-refractivity contribution in [3.63, 3.8) is 0 Å². The fourth-order valence-electron chi connectivity index (χ4n) is 28.4. The summed E-state index contributed by atoms with van der Waals surface area (Å²) in [5.41, 5.74) is 21.5. The highest BCUT2D eigenvalue weighted by molar-refractivity contribution is 5.95. The van der Waals surface area contributed by atoms with Crippen LogP contribution in [0.15, 0.2) is 113 Å². The molecule has 0 radical (unpaired) electrons. The topological polar surface area (TPSA) is 443 Å². The van der Waals surface area contributed by atoms with E-state index in [0.717, 1.165) is 157 Å². The number of benzene rings is 2. The number of hydrogen-bond donors (Lipinski definition) is 8. The molecule has 30 rings (SSSR count). The van der Waals surface area contributed by atoms with Crippen LogP contribution < -0.4 is 59.6 Å². The molecule has 16 fully saturated rings. The zero-order valence-electron chi connectivity index (χ0n) is 76.2. The van der Waals surface area contributed by atoms with Gasteiger partial charge in [0.2, 0.25) is 23.8 Å². The Labute approximate surface area is 766 Å². The van der Waals surface area contributed by atoms with Crippen molar-refractivity contribution in [1.82, 2.24) is 96.5 Å². The van der Waals surface area contributed by atoms with Gasteiger partial charge in [0.1, 0.15) is 58.1 Å². The smallest absolute Gasteiger partial charge is 0.330 e. The number of nitrogens with two attached hydrogens (primary N) is 2. The molecule has 2 aromatic carbocycles. The molecule has 8 unspecified atom stereocenters. The minimum absolute atomic E-state index is 0.00944. The van der Waals surface area contributed by atoms with Crippen LogP contribution in [0.2, 0.25) is 0 Å². The van der Waals surface area contributed by atoms with E-state index in [-0.39, 0.29) is 81.5 Å². The van der Waals surface area contributed by atoms with Crippen LogP contribution in [-0.4, -0.2) is 148 Å². The van der Waals surface area contributed by atoms with E-state index in [1.54, 1.807) is 80.0 Å². The lowest BCUT2D eigenvalue weighted by atomic mass is 9.48. The van der Waals surface area contributed by atoms with Gasteiger partial charge < -0.3 is 52.7 Å². The third kappa shape index (κ3) is 13.9. The van der Waals surface area contributed by atoms with E-state index in [1.807, 2.05) is 66.5 Å². The lowest BCUT2D eigenvalue weighted by Gasteiger charge is -2.59. The first-order valence-corrected chi connectivity index (χ1v) is 46.9. The van der Waals surface area contributed by atoms with Gasteiger partial charge in [0, 0.05) is 75.1 Å². The average molecular weight is 1820 g/mol. The summed E-state index contributed by atoms with van der Waals surface area (Å²) in [6.45, 7) is 14.3. The van der Waals surface area contributed by atoms with Crippen molar-refractivity contribution in [3.05, 3.63) is 175 Å². The van der Waals surface area contributed by atoms with Crippen LogP contribution in [0.4, 0.5) is 66.8 Å². The van der Waals surface area contributed by atoms with Crippen LogP contribution >= 0.6 is 0 Å². The highest BCUT2D eigenvalue weighted by Crippen LogP contribution is 2.66. The molecule has 134 heavy (non-hydrogen) atoms. The highest BCUT2D eigenvalue weighted by atomic mass is 19.1. The summed E-state index contributed by atoms with van der Waals surface area (Å²) in [7, 11) is 7.27. The SMILES string of the molecule is C=C1N(C)c2cnc(Nc3cc(F)c(C(N)=O)cc3C)nc2N1C12CC3CC(C1)C(=O)C(C3)C2.Cc1cc(C(N)=O)c(F)cc1Nc1ncc2c(n1)n(C1C3CC4CC1CC(O)(C4)C3)c(=O)n2C.Cc1cc2ncnn2cc1Nc1ncc2c(n1)n(C1C3CC4CC1CC(C)(C4)C3)c(=O)n2C.Cc1cc2ncnn2cc1Nc1ncc2c(n1)n(C1C3CC4CC1CC(O)(C4)C3)c(=O)n2C. The molecule has 11 aromatic heterocycles. The van der Waals surface area contributed by atoms with Gasteiger partial charge in [-0.15, -0.1) is 0 Å². The van der Waals surface area contributed by atoms with E-state index in [2.05, 4.69) is 84.8 Å². The quantitative estimate of drug-likeness (QED) is 0.0501. The molecule has 13 aromatic rings. The number of fused-ring (bicyclic) bond motifs is 6. The van der Waals surface area contributed by atoms with E-state index in [4.69, 9.17) is 26.4 Å². The minimum atomic E-state index is -0.835. The first kappa shape index (κ1) is 85.0. The van der Waals surface area contributed by atoms with Crippen molar-refractivity contribution in [2.45, 2.75) is 198 Å². The molecule has 17 aliphatic rings. The monoisotopic (exact) mass is 1820 g/mol. The molecule has 38 heteroatoms. The van der Waals surface area contributed by atoms with Gasteiger partial charge >= 0.3 is 17.1 Å². The summed E-state index contributed by atoms with van der Waals surface area (Å²) in [6, 6.07) is 9.46. The molecule has 8 atom stereocenters. The number of amides is 2. The average Bonchev–Trinajstić information content (AvgIpc) is 1.51. The minimum Gasteiger partial charge on any atom is -0.390 e. The van der Waals surface area contributed by atoms with Crippen molar-refractivity contribution < 1.29 is 33.4 Å². The summed E-state index contributed by atoms with van der Waals surface area (Å²) >= 11 is 0. The molecule has 2 amide bonds. The number of aryl methyl sites for hydroxylation is 7. The Bertz CT molecular complexity index is 7070. The fourth-order valence-corrected chi connectivity index (χ4v) is 28.4. The summed E-state index contributed by atoms with van der Waals surface area (Å²) in [4.78, 5) is 126. The number of halogens is 2. The van der Waals surface area contributed by atoms with Crippen molar-refractivity contribution in [2.75, 3.05) is 38.1 Å². The molecule has 36 nitrogen and oxygen atoms in total. The Morgan fingerprint density at radius 3 is 1.19 bits per heavy atom. The van der Waals surface area contributed by atoms with Gasteiger partial charge in [0.15, 0.2) is 34.1 Å². The third-order valence-corrected chi connectivity index (χ3v) is 33.1. The van der Waals surface area contributed by atoms with E-state index >= 15 is 0 Å². The number of pyridine rings is 2. The zero-order chi connectivity index (χ0) is 92.8. The lowest BCUT2D eigenvalue weighted by Crippen LogP contribution is -2.62. The third-order valence-electron chi connectivity index (χ3n) is 33.1. The van der Waals surface area contributed by atoms with Crippen molar-refractivity contribution in [3.8, 4) is 0 Å². The first-order chi connectivity index (χ1) is 64.1. The van der Waals surface area contributed by atoms with Gasteiger partial charge in [0.25, 0.3) is 11.8 Å². The maximum absolute atomic E-state index is 14.4. The molecule has 16 aliphatic carbocycles. The van der Waals surface area contributed by atoms with Gasteiger partial charge in [-0.1, -0.05) is 13.5 Å². The van der Waals surface area contributed by atoms with Crippen molar-refractivity contribution in [2.24, 2.45) is 109 Å². The van der Waals surface area contributed by atoms with Crippen LogP contribution in [0.3, 0.4) is 0 Å². The Hall–Kier alpha value is -13.3. The molecular weight excluding hydrogens is 1710 g/mol. The number of Topliss-reactive ketones (excluding diaryl/α,β-unsaturated/α-hetero) is 1. The maximum atomic E-state index is 14.4. The van der Waals surface area contributed by atoms with E-state index in [1.165, 1.54) is 69.0 Å². The molecule has 16 bridgehead atoms. The van der Waals surface area contributed by atoms with E-state index in [0.29, 0.717) is 123 Å². The Morgan fingerprint density at radius 1 is 0.448 bits per heavy atom. The van der Waals surface area contributed by atoms with Gasteiger partial charge in [0.05, 0.1) is 70.9 Å². The van der Waals surface area contributed by atoms with Crippen LogP contribution in [0, 0.1) is 116 Å². The molecule has 0 spiro atoms. The number of primary amides is 2. The molecular formula is C96H108F2N28O8. The number of rotatable bonds is 14. The van der Waals surface area contributed by atoms with Crippen LogP contribution in [-0.2, 0) is 25.9 Å². The lowest BCUT2D eigenvalue weighted by molar-refractivity contribution is -0.147. The standard InChI is InChI=1S/C25H27FN6O2.C24H27FN6O3.C24H28N8O.C23H26N8O2/c1-12-4-17(22(27)34)18(26)7-19(12)29-24-28-11-20-23(30-24)32(13(2)31(20)3)25-8-14-5-15(9-25)21(33)16(6-14)10-25;1-11-3-15(20(26)32)16(25)6-17(11)28-22-27-10-18-21(29-22)31(23(33)30(18)2)19-13-4-12-5-14(19)9-24(34,7-12)8-13;1-13-4-19-26-12-27-31(19)11-17(13)28-22-25-10-18-21(29-22)32(23(33)30(18)3)20-15-5-14-6-16(20)9-24(2,7-14)8-15;1-12-3-18-25-11-26-30(18)10-16(12)27-21-24-9-17-20(28-21)31(22(32)29(17)2)19-14-4-13-5-15(19)8-23(33,6-13)7-14/h4,7,11,14-16H,2,5-6,8-10H2,1,3H3,(H2,27,34)(H,28,29,30);3,6,10,12-14,19,34H,4-5,7-9H2,1-2H3,(H2,26,32)(H,27,28,29);4,10-12,14-16,20H,5-9H2,1-3H3,(H,25,28,29);3,9-11,13-15,19,33H,4-8H2,1-2H3,(H,24,27,28). The largest absolute Gasteiger partial charge is 0.390 e. The van der Waals surface area contributed by atoms with E-state index in [9.17, 15) is 47.8 Å². The predicted octanol–water partition coefficient (Wildman–Crippen LogP) is 12.1. The second-order valence-corrected chi connectivity index (χ2v) is 42.1. The maximum Gasteiger partial charge on any atom is 0.330 e. The fraction of sp³-hybridized carbons (Fsp3) is 0.500. The Morgan fingerprint density at radius 2 is 0.806 bits per heavy atom. The molecule has 0 saturated heterocycles. The number of aliphatic hydroxyl groups is 2. The van der Waals surface area contributed by atoms with Crippen molar-refractivity contribution >= 4 is 120 Å². The summed E-state index contributed by atoms with van der Waals surface area (Å²) in [5.74, 6) is 5.40. The molecule has 12 heterocycles.